The molecule has 0 aliphatic heterocycles. The molecule has 7 nitrogen and oxygen atoms in total. The molecule has 0 fully saturated rings. The number of rotatable bonds is 5. The molecular formula is C13H18N4O3. The number of guanidine groups is 1. The Kier molecular flexibility index (Phi) is 5.67. The summed E-state index contributed by atoms with van der Waals surface area (Å²) in [6, 6.07) is 8.48. The van der Waals surface area contributed by atoms with E-state index in [4.69, 9.17) is 16.2 Å². The molecule has 1 atom stereocenters. The predicted molar refractivity (Wildman–Crippen MR) is 74.3 cm³/mol. The van der Waals surface area contributed by atoms with E-state index in [1.165, 1.54) is 7.05 Å². The van der Waals surface area contributed by atoms with Gasteiger partial charge in [0.25, 0.3) is 0 Å². The minimum absolute atomic E-state index is 0.291. The van der Waals surface area contributed by atoms with Gasteiger partial charge >= 0.3 is 5.97 Å². The van der Waals surface area contributed by atoms with Crippen LogP contribution in [0.2, 0.25) is 0 Å². The van der Waals surface area contributed by atoms with Crippen molar-refractivity contribution in [2.24, 2.45) is 5.73 Å². The van der Waals surface area contributed by atoms with E-state index in [2.05, 4.69) is 5.32 Å². The van der Waals surface area contributed by atoms with E-state index in [-0.39, 0.29) is 12.5 Å². The Balaban J connectivity index is 2.49. The molecule has 0 bridgehead atoms. The topological polar surface area (TPSA) is 120 Å². The maximum atomic E-state index is 11.8. The van der Waals surface area contributed by atoms with Crippen LogP contribution in [0.4, 0.5) is 0 Å². The lowest BCUT2D eigenvalue weighted by Gasteiger charge is -2.19. The Labute approximate surface area is 116 Å². The second-order valence-corrected chi connectivity index (χ2v) is 4.38. The van der Waals surface area contributed by atoms with Crippen LogP contribution in [0.25, 0.3) is 0 Å². The smallest absolute Gasteiger partial charge is 0.323 e. The minimum Gasteiger partial charge on any atom is -0.480 e. The molecule has 0 saturated heterocycles. The molecule has 0 aliphatic rings. The number of nitrogens with two attached hydrogens (primary N) is 1. The molecule has 0 spiro atoms. The predicted octanol–water partition coefficient (Wildman–Crippen LogP) is -0.376. The van der Waals surface area contributed by atoms with Gasteiger partial charge in [-0.1, -0.05) is 30.3 Å². The second-order valence-electron chi connectivity index (χ2n) is 4.38. The third-order valence-electron chi connectivity index (χ3n) is 2.63. The summed E-state index contributed by atoms with van der Waals surface area (Å²) in [5.74, 6) is -1.89. The van der Waals surface area contributed by atoms with Crippen molar-refractivity contribution in [3.8, 4) is 0 Å². The Morgan fingerprint density at radius 2 is 2.00 bits per heavy atom. The van der Waals surface area contributed by atoms with Gasteiger partial charge in [-0.25, -0.2) is 0 Å². The lowest BCUT2D eigenvalue weighted by Crippen LogP contribution is -2.49. The molecule has 1 rings (SSSR count). The summed E-state index contributed by atoms with van der Waals surface area (Å²) < 4.78 is 0. The van der Waals surface area contributed by atoms with E-state index in [0.29, 0.717) is 6.42 Å². The molecule has 1 unspecified atom stereocenters. The molecule has 5 N–H and O–H groups in total. The molecule has 0 radical (unpaired) electrons. The van der Waals surface area contributed by atoms with Gasteiger partial charge in [0.05, 0.1) is 6.04 Å². The number of likely N-dealkylation sites (N-methyl/N-ethyl adjacent to an activating group) is 1. The highest BCUT2D eigenvalue weighted by atomic mass is 16.4. The molecule has 0 aliphatic carbocycles. The Bertz CT molecular complexity index is 490. The third kappa shape index (κ3) is 5.07. The lowest BCUT2D eigenvalue weighted by molar-refractivity contribution is -0.137. The maximum absolute atomic E-state index is 11.8. The number of carbonyl (C=O) groups excluding carboxylic acids is 1. The van der Waals surface area contributed by atoms with Crippen molar-refractivity contribution in [1.29, 1.82) is 5.41 Å². The number of benzene rings is 1. The Hall–Kier alpha value is -2.41. The Morgan fingerprint density at radius 1 is 1.40 bits per heavy atom. The fourth-order valence-corrected chi connectivity index (χ4v) is 1.55. The molecule has 0 aromatic heterocycles. The van der Waals surface area contributed by atoms with Crippen molar-refractivity contribution in [3.05, 3.63) is 35.9 Å². The molecule has 7 heteroatoms. The van der Waals surface area contributed by atoms with Gasteiger partial charge in [-0.15, -0.1) is 0 Å². The van der Waals surface area contributed by atoms with Crippen molar-refractivity contribution < 1.29 is 14.7 Å². The summed E-state index contributed by atoms with van der Waals surface area (Å²) in [7, 11) is 1.40. The van der Waals surface area contributed by atoms with Crippen LogP contribution >= 0.6 is 0 Å². The highest BCUT2D eigenvalue weighted by Crippen LogP contribution is 2.01. The van der Waals surface area contributed by atoms with E-state index >= 15 is 0 Å². The second kappa shape index (κ2) is 7.25. The van der Waals surface area contributed by atoms with Crippen LogP contribution in [-0.4, -0.2) is 47.5 Å². The van der Waals surface area contributed by atoms with Gasteiger partial charge in [0.15, 0.2) is 5.96 Å². The molecule has 0 heterocycles. The van der Waals surface area contributed by atoms with E-state index in [0.717, 1.165) is 10.5 Å². The number of nitrogens with one attached hydrogen (secondary N) is 2. The van der Waals surface area contributed by atoms with E-state index in [1.807, 2.05) is 30.3 Å². The number of hydrogen-bond donors (Lipinski definition) is 4. The zero-order valence-corrected chi connectivity index (χ0v) is 11.2. The molecule has 1 amide bonds. The van der Waals surface area contributed by atoms with Crippen LogP contribution in [0.3, 0.4) is 0 Å². The molecular weight excluding hydrogens is 260 g/mol. The van der Waals surface area contributed by atoms with Gasteiger partial charge in [0.1, 0.15) is 6.54 Å². The first-order valence-corrected chi connectivity index (χ1v) is 6.02. The summed E-state index contributed by atoms with van der Waals surface area (Å²) in [6.07, 6.45) is 0.350. The number of aliphatic carboxylic acids is 1. The van der Waals surface area contributed by atoms with Gasteiger partial charge in [-0.2, -0.15) is 0 Å². The molecule has 20 heavy (non-hydrogen) atoms. The third-order valence-corrected chi connectivity index (χ3v) is 2.63. The summed E-state index contributed by atoms with van der Waals surface area (Å²) >= 11 is 0. The number of amides is 1. The fraction of sp³-hybridized carbons (Fsp3) is 0.308. The quantitative estimate of drug-likeness (QED) is 0.432. The van der Waals surface area contributed by atoms with Gasteiger partial charge in [-0.3, -0.25) is 20.3 Å². The van der Waals surface area contributed by atoms with Crippen molar-refractivity contribution in [2.75, 3.05) is 13.6 Å². The summed E-state index contributed by atoms with van der Waals surface area (Å²) in [5.41, 5.74) is 6.67. The molecule has 0 saturated carbocycles. The van der Waals surface area contributed by atoms with Crippen LogP contribution < -0.4 is 11.1 Å². The van der Waals surface area contributed by atoms with E-state index in [9.17, 15) is 9.59 Å². The first kappa shape index (κ1) is 15.6. The first-order chi connectivity index (χ1) is 9.40. The Morgan fingerprint density at radius 3 is 2.55 bits per heavy atom. The SMILES string of the molecule is CN(CC(=O)O)C(=N)NC(=O)C(N)Cc1ccccc1. The minimum atomic E-state index is -1.08. The number of carbonyl (C=O) groups is 2. The van der Waals surface area contributed by atoms with Crippen LogP contribution in [0.15, 0.2) is 30.3 Å². The monoisotopic (exact) mass is 278 g/mol. The fourth-order valence-electron chi connectivity index (χ4n) is 1.55. The van der Waals surface area contributed by atoms with Crippen molar-refractivity contribution >= 4 is 17.8 Å². The average molecular weight is 278 g/mol. The number of hydrogen-bond acceptors (Lipinski definition) is 4. The largest absolute Gasteiger partial charge is 0.480 e. The summed E-state index contributed by atoms with van der Waals surface area (Å²) in [4.78, 5) is 23.4. The average Bonchev–Trinajstić information content (AvgIpc) is 2.38. The standard InChI is InChI=1S/C13H18N4O3/c1-17(8-11(18)19)13(15)16-12(20)10(14)7-9-5-3-2-4-6-9/h2-6,10H,7-8,14H2,1H3,(H,18,19)(H2,15,16,20). The van der Waals surface area contributed by atoms with E-state index < -0.39 is 17.9 Å². The van der Waals surface area contributed by atoms with Crippen LogP contribution in [-0.2, 0) is 16.0 Å². The number of carboxylic acids is 1. The first-order valence-electron chi connectivity index (χ1n) is 6.02. The molecule has 108 valence electrons. The van der Waals surface area contributed by atoms with Crippen LogP contribution in [0.5, 0.6) is 0 Å². The van der Waals surface area contributed by atoms with Crippen LogP contribution in [0, 0.1) is 5.41 Å². The van der Waals surface area contributed by atoms with Crippen molar-refractivity contribution in [1.82, 2.24) is 10.2 Å². The number of nitrogens with zero attached hydrogens (tertiary/aromatic N) is 1. The summed E-state index contributed by atoms with van der Waals surface area (Å²) in [5, 5.41) is 18.4. The zero-order chi connectivity index (χ0) is 15.1. The van der Waals surface area contributed by atoms with Gasteiger partial charge < -0.3 is 15.7 Å². The zero-order valence-electron chi connectivity index (χ0n) is 11.2. The normalized spacial score (nSPS) is 11.5. The van der Waals surface area contributed by atoms with Gasteiger partial charge in [-0.05, 0) is 12.0 Å². The van der Waals surface area contributed by atoms with Crippen molar-refractivity contribution in [3.63, 3.8) is 0 Å². The highest BCUT2D eigenvalue weighted by Gasteiger charge is 2.17. The van der Waals surface area contributed by atoms with Gasteiger partial charge in [0.2, 0.25) is 5.91 Å². The maximum Gasteiger partial charge on any atom is 0.323 e. The summed E-state index contributed by atoms with van der Waals surface area (Å²) in [6.45, 7) is -0.368. The van der Waals surface area contributed by atoms with Crippen LogP contribution in [0.1, 0.15) is 5.56 Å². The lowest BCUT2D eigenvalue weighted by atomic mass is 10.1. The molecule has 1 aromatic carbocycles. The highest BCUT2D eigenvalue weighted by molar-refractivity contribution is 5.98. The van der Waals surface area contributed by atoms with E-state index in [1.54, 1.807) is 0 Å². The van der Waals surface area contributed by atoms with Crippen molar-refractivity contribution in [2.45, 2.75) is 12.5 Å². The molecule has 1 aromatic rings. The number of carboxylic acid groups (broad SMARTS) is 1. The van der Waals surface area contributed by atoms with Gasteiger partial charge in [0, 0.05) is 7.05 Å².